The van der Waals surface area contributed by atoms with Crippen molar-refractivity contribution in [3.63, 3.8) is 0 Å². The predicted molar refractivity (Wildman–Crippen MR) is 57.0 cm³/mol. The first kappa shape index (κ1) is 11.3. The molecule has 3 N–H and O–H groups in total. The molecule has 0 bridgehead atoms. The smallest absolute Gasteiger partial charge is 0.316 e. The second-order valence-corrected chi connectivity index (χ2v) is 4.46. The monoisotopic (exact) mass is 199 g/mol. The van der Waals surface area contributed by atoms with Crippen LogP contribution < -0.4 is 11.1 Å². The zero-order valence-corrected chi connectivity index (χ0v) is 9.18. The van der Waals surface area contributed by atoms with Crippen LogP contribution in [-0.4, -0.2) is 38.1 Å². The van der Waals surface area contributed by atoms with E-state index >= 15 is 0 Å². The maximum atomic E-state index is 11.3. The molecule has 0 unspecified atom stereocenters. The fourth-order valence-corrected chi connectivity index (χ4v) is 2.00. The van der Waals surface area contributed by atoms with E-state index in [1.807, 2.05) is 0 Å². The number of urea groups is 1. The van der Waals surface area contributed by atoms with Gasteiger partial charge in [0.1, 0.15) is 0 Å². The SMILES string of the molecule is CN(C)C(=O)NCC1(CN)CCCC1. The van der Waals surface area contributed by atoms with Crippen molar-refractivity contribution in [2.75, 3.05) is 27.2 Å². The molecule has 1 aliphatic carbocycles. The average Bonchev–Trinajstić information content (AvgIpc) is 2.63. The fraction of sp³-hybridized carbons (Fsp3) is 0.900. The van der Waals surface area contributed by atoms with E-state index < -0.39 is 0 Å². The van der Waals surface area contributed by atoms with Crippen molar-refractivity contribution >= 4 is 6.03 Å². The van der Waals surface area contributed by atoms with Gasteiger partial charge in [-0.15, -0.1) is 0 Å². The molecule has 2 amide bonds. The number of hydrogen-bond acceptors (Lipinski definition) is 2. The van der Waals surface area contributed by atoms with Crippen molar-refractivity contribution in [3.8, 4) is 0 Å². The molecule has 0 spiro atoms. The highest BCUT2D eigenvalue weighted by Gasteiger charge is 2.32. The van der Waals surface area contributed by atoms with Crippen molar-refractivity contribution in [1.82, 2.24) is 10.2 Å². The molecule has 82 valence electrons. The summed E-state index contributed by atoms with van der Waals surface area (Å²) in [7, 11) is 3.50. The van der Waals surface area contributed by atoms with E-state index in [0.717, 1.165) is 19.4 Å². The lowest BCUT2D eigenvalue weighted by Gasteiger charge is -2.28. The summed E-state index contributed by atoms with van der Waals surface area (Å²) >= 11 is 0. The Labute approximate surface area is 85.8 Å². The zero-order valence-electron chi connectivity index (χ0n) is 9.18. The number of nitrogens with one attached hydrogen (secondary N) is 1. The average molecular weight is 199 g/mol. The van der Waals surface area contributed by atoms with Gasteiger partial charge < -0.3 is 16.0 Å². The molecule has 0 radical (unpaired) electrons. The standard InChI is InChI=1S/C10H21N3O/c1-13(2)9(14)12-8-10(7-11)5-3-4-6-10/h3-8,11H2,1-2H3,(H,12,14). The van der Waals surface area contributed by atoms with Crippen LogP contribution >= 0.6 is 0 Å². The summed E-state index contributed by atoms with van der Waals surface area (Å²) in [5.41, 5.74) is 5.94. The highest BCUT2D eigenvalue weighted by Crippen LogP contribution is 2.36. The number of nitrogens with two attached hydrogens (primary N) is 1. The first-order valence-electron chi connectivity index (χ1n) is 5.25. The minimum absolute atomic E-state index is 0.0234. The van der Waals surface area contributed by atoms with Crippen molar-refractivity contribution in [2.45, 2.75) is 25.7 Å². The number of carbonyl (C=O) groups excluding carboxylic acids is 1. The maximum absolute atomic E-state index is 11.3. The number of rotatable bonds is 3. The number of nitrogens with zero attached hydrogens (tertiary/aromatic N) is 1. The number of hydrogen-bond donors (Lipinski definition) is 2. The van der Waals surface area contributed by atoms with Crippen LogP contribution in [0.1, 0.15) is 25.7 Å². The van der Waals surface area contributed by atoms with E-state index in [4.69, 9.17) is 5.73 Å². The van der Waals surface area contributed by atoms with Gasteiger partial charge in [0.25, 0.3) is 0 Å². The lowest BCUT2D eigenvalue weighted by Crippen LogP contribution is -2.44. The van der Waals surface area contributed by atoms with Crippen molar-refractivity contribution < 1.29 is 4.79 Å². The molecule has 1 saturated carbocycles. The quantitative estimate of drug-likeness (QED) is 0.705. The summed E-state index contributed by atoms with van der Waals surface area (Å²) in [5.74, 6) is 0. The van der Waals surface area contributed by atoms with Crippen LogP contribution in [-0.2, 0) is 0 Å². The maximum Gasteiger partial charge on any atom is 0.316 e. The molecule has 14 heavy (non-hydrogen) atoms. The third-order valence-electron chi connectivity index (χ3n) is 3.12. The Morgan fingerprint density at radius 3 is 2.43 bits per heavy atom. The van der Waals surface area contributed by atoms with Gasteiger partial charge in [-0.25, -0.2) is 4.79 Å². The lowest BCUT2D eigenvalue weighted by molar-refractivity contribution is 0.207. The summed E-state index contributed by atoms with van der Waals surface area (Å²) < 4.78 is 0. The van der Waals surface area contributed by atoms with E-state index in [2.05, 4.69) is 5.32 Å². The van der Waals surface area contributed by atoms with Crippen molar-refractivity contribution in [1.29, 1.82) is 0 Å². The minimum Gasteiger partial charge on any atom is -0.337 e. The molecular formula is C10H21N3O. The molecule has 0 aromatic rings. The lowest BCUT2D eigenvalue weighted by atomic mass is 9.86. The van der Waals surface area contributed by atoms with Crippen molar-refractivity contribution in [2.24, 2.45) is 11.1 Å². The predicted octanol–water partition coefficient (Wildman–Crippen LogP) is 0.777. The molecule has 4 nitrogen and oxygen atoms in total. The van der Waals surface area contributed by atoms with Gasteiger partial charge in [0.05, 0.1) is 0 Å². The van der Waals surface area contributed by atoms with E-state index in [9.17, 15) is 4.79 Å². The van der Waals surface area contributed by atoms with E-state index in [-0.39, 0.29) is 11.4 Å². The molecule has 0 heterocycles. The molecule has 1 aliphatic rings. The zero-order chi connectivity index (χ0) is 10.6. The second-order valence-electron chi connectivity index (χ2n) is 4.46. The first-order chi connectivity index (χ1) is 6.59. The highest BCUT2D eigenvalue weighted by atomic mass is 16.2. The first-order valence-corrected chi connectivity index (χ1v) is 5.25. The summed E-state index contributed by atoms with van der Waals surface area (Å²) in [4.78, 5) is 12.9. The van der Waals surface area contributed by atoms with Gasteiger partial charge in [-0.3, -0.25) is 0 Å². The molecule has 0 atom stereocenters. The van der Waals surface area contributed by atoms with Crippen LogP contribution in [0.2, 0.25) is 0 Å². The third kappa shape index (κ3) is 2.61. The van der Waals surface area contributed by atoms with Gasteiger partial charge in [-0.05, 0) is 19.4 Å². The highest BCUT2D eigenvalue weighted by molar-refractivity contribution is 5.73. The van der Waals surface area contributed by atoms with Gasteiger partial charge in [0.15, 0.2) is 0 Å². The molecule has 0 aromatic heterocycles. The molecule has 4 heteroatoms. The van der Waals surface area contributed by atoms with Gasteiger partial charge in [0.2, 0.25) is 0 Å². The molecule has 0 aliphatic heterocycles. The Hall–Kier alpha value is -0.770. The van der Waals surface area contributed by atoms with Gasteiger partial charge in [0, 0.05) is 26.1 Å². The summed E-state index contributed by atoms with van der Waals surface area (Å²) in [6.45, 7) is 1.40. The third-order valence-corrected chi connectivity index (χ3v) is 3.12. The summed E-state index contributed by atoms with van der Waals surface area (Å²) in [6, 6.07) is -0.0234. The van der Waals surface area contributed by atoms with Crippen LogP contribution in [0.4, 0.5) is 4.79 Å². The van der Waals surface area contributed by atoms with Crippen molar-refractivity contribution in [3.05, 3.63) is 0 Å². The van der Waals surface area contributed by atoms with E-state index in [1.54, 1.807) is 19.0 Å². The topological polar surface area (TPSA) is 58.4 Å². The Morgan fingerprint density at radius 2 is 2.00 bits per heavy atom. The van der Waals surface area contributed by atoms with Crippen LogP contribution in [0.25, 0.3) is 0 Å². The second kappa shape index (κ2) is 4.64. The number of carbonyl (C=O) groups is 1. The van der Waals surface area contributed by atoms with Crippen LogP contribution in [0.3, 0.4) is 0 Å². The molecule has 0 saturated heterocycles. The van der Waals surface area contributed by atoms with E-state index in [1.165, 1.54) is 12.8 Å². The molecule has 1 rings (SSSR count). The largest absolute Gasteiger partial charge is 0.337 e. The van der Waals surface area contributed by atoms with Crippen LogP contribution in [0, 0.1) is 5.41 Å². The van der Waals surface area contributed by atoms with Crippen LogP contribution in [0.15, 0.2) is 0 Å². The Balaban J connectivity index is 2.38. The Kier molecular flexibility index (Phi) is 3.75. The van der Waals surface area contributed by atoms with Gasteiger partial charge >= 0.3 is 6.03 Å². The fourth-order valence-electron chi connectivity index (χ4n) is 2.00. The summed E-state index contributed by atoms with van der Waals surface area (Å²) in [5, 5.41) is 2.92. The summed E-state index contributed by atoms with van der Waals surface area (Å²) in [6.07, 6.45) is 4.79. The normalized spacial score (nSPS) is 19.4. The Bertz CT molecular complexity index is 198. The van der Waals surface area contributed by atoms with Gasteiger partial charge in [-0.2, -0.15) is 0 Å². The molecule has 1 fully saturated rings. The number of amides is 2. The molecular weight excluding hydrogens is 178 g/mol. The minimum atomic E-state index is -0.0234. The van der Waals surface area contributed by atoms with E-state index in [0.29, 0.717) is 6.54 Å². The van der Waals surface area contributed by atoms with Crippen LogP contribution in [0.5, 0.6) is 0 Å². The Morgan fingerprint density at radius 1 is 1.43 bits per heavy atom. The molecule has 0 aromatic carbocycles. The van der Waals surface area contributed by atoms with Gasteiger partial charge in [-0.1, -0.05) is 12.8 Å².